The van der Waals surface area contributed by atoms with Crippen molar-refractivity contribution in [3.63, 3.8) is 0 Å². The lowest BCUT2D eigenvalue weighted by Gasteiger charge is -2.08. The Hall–Kier alpha value is -2.15. The van der Waals surface area contributed by atoms with Gasteiger partial charge in [0.15, 0.2) is 5.78 Å². The minimum Gasteiger partial charge on any atom is -0.294 e. The Morgan fingerprint density at radius 2 is 1.47 bits per heavy atom. The standard InChI is InChI=1S/C18H16O/c1-12(2)18(19)15-10-9-14-8-7-13-5-3-4-6-16(13)17(14)11-15/h3-12H,1-2H3. The lowest BCUT2D eigenvalue weighted by molar-refractivity contribution is 0.0939. The zero-order valence-electron chi connectivity index (χ0n) is 11.2. The summed E-state index contributed by atoms with van der Waals surface area (Å²) in [6.07, 6.45) is 0. The summed E-state index contributed by atoms with van der Waals surface area (Å²) in [6.45, 7) is 3.88. The second-order valence-corrected chi connectivity index (χ2v) is 5.24. The number of fused-ring (bicyclic) bond motifs is 3. The molecule has 0 amide bonds. The summed E-state index contributed by atoms with van der Waals surface area (Å²) in [4.78, 5) is 12.1. The molecule has 0 unspecified atom stereocenters. The summed E-state index contributed by atoms with van der Waals surface area (Å²) >= 11 is 0. The van der Waals surface area contributed by atoms with Gasteiger partial charge < -0.3 is 0 Å². The molecule has 3 aromatic carbocycles. The van der Waals surface area contributed by atoms with Gasteiger partial charge >= 0.3 is 0 Å². The second kappa shape index (κ2) is 4.51. The van der Waals surface area contributed by atoms with Gasteiger partial charge in [-0.1, -0.05) is 62.4 Å². The Labute approximate surface area is 112 Å². The third-order valence-corrected chi connectivity index (χ3v) is 3.56. The van der Waals surface area contributed by atoms with Crippen LogP contribution in [0, 0.1) is 5.92 Å². The molecule has 0 saturated heterocycles. The van der Waals surface area contributed by atoms with E-state index in [9.17, 15) is 4.79 Å². The zero-order valence-corrected chi connectivity index (χ0v) is 11.2. The SMILES string of the molecule is CC(C)C(=O)c1ccc2ccc3ccccc3c2c1. The van der Waals surface area contributed by atoms with E-state index >= 15 is 0 Å². The molecule has 0 heterocycles. The lowest BCUT2D eigenvalue weighted by Crippen LogP contribution is -2.06. The molecule has 0 aromatic heterocycles. The number of rotatable bonds is 2. The lowest BCUT2D eigenvalue weighted by atomic mass is 9.95. The van der Waals surface area contributed by atoms with Crippen LogP contribution in [0.25, 0.3) is 21.5 Å². The molecule has 94 valence electrons. The first-order valence-electron chi connectivity index (χ1n) is 6.62. The number of hydrogen-bond donors (Lipinski definition) is 0. The van der Waals surface area contributed by atoms with Crippen molar-refractivity contribution >= 4 is 27.3 Å². The van der Waals surface area contributed by atoms with E-state index in [0.29, 0.717) is 0 Å². The first-order valence-corrected chi connectivity index (χ1v) is 6.62. The van der Waals surface area contributed by atoms with Gasteiger partial charge in [-0.25, -0.2) is 0 Å². The number of Topliss-reactive ketones (excluding diaryl/α,β-unsaturated/α-hetero) is 1. The number of benzene rings is 3. The molecule has 0 fully saturated rings. The highest BCUT2D eigenvalue weighted by Gasteiger charge is 2.11. The van der Waals surface area contributed by atoms with E-state index in [4.69, 9.17) is 0 Å². The number of carbonyl (C=O) groups excluding carboxylic acids is 1. The molecule has 1 nitrogen and oxygen atoms in total. The normalized spacial score (nSPS) is 11.3. The van der Waals surface area contributed by atoms with Crippen molar-refractivity contribution in [3.8, 4) is 0 Å². The molecular formula is C18H16O. The van der Waals surface area contributed by atoms with E-state index in [2.05, 4.69) is 24.3 Å². The van der Waals surface area contributed by atoms with Crippen LogP contribution in [-0.4, -0.2) is 5.78 Å². The van der Waals surface area contributed by atoms with Crippen LogP contribution in [0.4, 0.5) is 0 Å². The minimum absolute atomic E-state index is 0.0347. The quantitative estimate of drug-likeness (QED) is 0.469. The molecule has 0 aliphatic carbocycles. The Morgan fingerprint density at radius 3 is 2.21 bits per heavy atom. The van der Waals surface area contributed by atoms with Crippen LogP contribution < -0.4 is 0 Å². The fourth-order valence-electron chi connectivity index (χ4n) is 2.49. The van der Waals surface area contributed by atoms with Crippen LogP contribution in [0.5, 0.6) is 0 Å². The van der Waals surface area contributed by atoms with Crippen molar-refractivity contribution in [2.75, 3.05) is 0 Å². The Morgan fingerprint density at radius 1 is 0.842 bits per heavy atom. The van der Waals surface area contributed by atoms with Crippen LogP contribution >= 0.6 is 0 Å². The molecule has 0 aliphatic rings. The van der Waals surface area contributed by atoms with Crippen molar-refractivity contribution in [1.82, 2.24) is 0 Å². The van der Waals surface area contributed by atoms with Gasteiger partial charge in [0.2, 0.25) is 0 Å². The highest BCUT2D eigenvalue weighted by atomic mass is 16.1. The summed E-state index contributed by atoms with van der Waals surface area (Å²) < 4.78 is 0. The van der Waals surface area contributed by atoms with Gasteiger partial charge in [0.1, 0.15) is 0 Å². The third-order valence-electron chi connectivity index (χ3n) is 3.56. The fraction of sp³-hybridized carbons (Fsp3) is 0.167. The van der Waals surface area contributed by atoms with E-state index in [-0.39, 0.29) is 11.7 Å². The summed E-state index contributed by atoms with van der Waals surface area (Å²) in [5.41, 5.74) is 0.804. The Bertz CT molecular complexity index is 769. The molecule has 0 spiro atoms. The van der Waals surface area contributed by atoms with Crippen LogP contribution in [0.1, 0.15) is 24.2 Å². The highest BCUT2D eigenvalue weighted by Crippen LogP contribution is 2.26. The first kappa shape index (κ1) is 11.9. The van der Waals surface area contributed by atoms with E-state index in [1.165, 1.54) is 16.2 Å². The van der Waals surface area contributed by atoms with Gasteiger partial charge in [-0.15, -0.1) is 0 Å². The highest BCUT2D eigenvalue weighted by molar-refractivity contribution is 6.10. The maximum absolute atomic E-state index is 12.1. The summed E-state index contributed by atoms with van der Waals surface area (Å²) in [5, 5.41) is 4.76. The third kappa shape index (κ3) is 2.01. The molecule has 0 radical (unpaired) electrons. The molecule has 0 saturated carbocycles. The molecule has 0 atom stereocenters. The van der Waals surface area contributed by atoms with Gasteiger partial charge in [0, 0.05) is 11.5 Å². The largest absolute Gasteiger partial charge is 0.294 e. The van der Waals surface area contributed by atoms with Gasteiger partial charge in [-0.2, -0.15) is 0 Å². The van der Waals surface area contributed by atoms with Crippen molar-refractivity contribution < 1.29 is 4.79 Å². The fourth-order valence-corrected chi connectivity index (χ4v) is 2.49. The molecular weight excluding hydrogens is 232 g/mol. The summed E-state index contributed by atoms with van der Waals surface area (Å²) in [5.74, 6) is 0.238. The molecule has 3 aromatic rings. The first-order chi connectivity index (χ1) is 9.16. The van der Waals surface area contributed by atoms with Crippen LogP contribution in [0.2, 0.25) is 0 Å². The van der Waals surface area contributed by atoms with Crippen LogP contribution in [-0.2, 0) is 0 Å². The van der Waals surface area contributed by atoms with Crippen LogP contribution in [0.15, 0.2) is 54.6 Å². The molecule has 1 heteroatoms. The summed E-state index contributed by atoms with van der Waals surface area (Å²) in [7, 11) is 0. The smallest absolute Gasteiger partial charge is 0.165 e. The predicted octanol–water partition coefficient (Wildman–Crippen LogP) is 4.83. The van der Waals surface area contributed by atoms with E-state index in [0.717, 1.165) is 10.9 Å². The monoisotopic (exact) mass is 248 g/mol. The minimum atomic E-state index is 0.0347. The number of ketones is 1. The van der Waals surface area contributed by atoms with Gasteiger partial charge in [0.25, 0.3) is 0 Å². The maximum atomic E-state index is 12.1. The van der Waals surface area contributed by atoms with Gasteiger partial charge in [-0.05, 0) is 27.6 Å². The molecule has 0 aliphatic heterocycles. The van der Waals surface area contributed by atoms with Crippen molar-refractivity contribution in [2.45, 2.75) is 13.8 Å². The number of carbonyl (C=O) groups is 1. The predicted molar refractivity (Wildman–Crippen MR) is 80.6 cm³/mol. The van der Waals surface area contributed by atoms with Crippen molar-refractivity contribution in [1.29, 1.82) is 0 Å². The molecule has 0 bridgehead atoms. The van der Waals surface area contributed by atoms with Crippen molar-refractivity contribution in [3.05, 3.63) is 60.2 Å². The summed E-state index contributed by atoms with van der Waals surface area (Å²) in [6, 6.07) is 18.5. The Balaban J connectivity index is 2.31. The van der Waals surface area contributed by atoms with Gasteiger partial charge in [0.05, 0.1) is 0 Å². The molecule has 0 N–H and O–H groups in total. The zero-order chi connectivity index (χ0) is 13.4. The second-order valence-electron chi connectivity index (χ2n) is 5.24. The topological polar surface area (TPSA) is 17.1 Å². The Kier molecular flexibility index (Phi) is 2.83. The molecule has 19 heavy (non-hydrogen) atoms. The van der Waals surface area contributed by atoms with E-state index in [1.807, 2.05) is 44.2 Å². The van der Waals surface area contributed by atoms with Crippen LogP contribution in [0.3, 0.4) is 0 Å². The maximum Gasteiger partial charge on any atom is 0.165 e. The average molecular weight is 248 g/mol. The van der Waals surface area contributed by atoms with Gasteiger partial charge in [-0.3, -0.25) is 4.79 Å². The van der Waals surface area contributed by atoms with E-state index in [1.54, 1.807) is 0 Å². The number of hydrogen-bond acceptors (Lipinski definition) is 1. The van der Waals surface area contributed by atoms with E-state index < -0.39 is 0 Å². The molecule has 3 rings (SSSR count). The average Bonchev–Trinajstić information content (AvgIpc) is 2.45. The van der Waals surface area contributed by atoms with Crippen molar-refractivity contribution in [2.24, 2.45) is 5.92 Å².